The Bertz CT molecular complexity index is 1300. The van der Waals surface area contributed by atoms with Crippen LogP contribution in [0.15, 0.2) is 36.5 Å². The van der Waals surface area contributed by atoms with Crippen molar-refractivity contribution in [3.8, 4) is 0 Å². The first-order valence-electron chi connectivity index (χ1n) is 30.2. The van der Waals surface area contributed by atoms with Crippen LogP contribution in [0.4, 0.5) is 0 Å². The molecule has 0 spiro atoms. The molecule has 0 aliphatic rings. The largest absolute Gasteiger partial charge is 0.756 e. The molecule has 0 aliphatic heterocycles. The Morgan fingerprint density at radius 2 is 0.761 bits per heavy atom. The van der Waals surface area contributed by atoms with Crippen molar-refractivity contribution >= 4 is 19.8 Å². The number of carbonyl (C=O) groups is 2. The van der Waals surface area contributed by atoms with E-state index in [0.29, 0.717) is 17.4 Å². The van der Waals surface area contributed by atoms with E-state index >= 15 is 0 Å². The van der Waals surface area contributed by atoms with E-state index in [9.17, 15) is 19.0 Å². The highest BCUT2D eigenvalue weighted by Gasteiger charge is 2.22. The third-order valence-electron chi connectivity index (χ3n) is 13.4. The lowest BCUT2D eigenvalue weighted by atomic mass is 10.0. The molecule has 2 unspecified atom stereocenters. The van der Waals surface area contributed by atoms with E-state index in [4.69, 9.17) is 18.5 Å². The second-order valence-electron chi connectivity index (χ2n) is 21.7. The molecule has 0 amide bonds. The molecular weight excluding hydrogens is 906 g/mol. The van der Waals surface area contributed by atoms with E-state index in [0.717, 1.165) is 44.9 Å². The van der Waals surface area contributed by atoms with Gasteiger partial charge in [-0.3, -0.25) is 14.2 Å². The third-order valence-corrected chi connectivity index (χ3v) is 14.4. The van der Waals surface area contributed by atoms with Gasteiger partial charge in [-0.1, -0.05) is 262 Å². The molecule has 0 N–H and O–H groups in total. The van der Waals surface area contributed by atoms with Gasteiger partial charge >= 0.3 is 11.9 Å². The van der Waals surface area contributed by atoms with E-state index in [1.807, 2.05) is 21.1 Å². The van der Waals surface area contributed by atoms with Crippen LogP contribution in [0.3, 0.4) is 0 Å². The van der Waals surface area contributed by atoms with Crippen molar-refractivity contribution in [2.24, 2.45) is 0 Å². The van der Waals surface area contributed by atoms with Crippen LogP contribution < -0.4 is 4.89 Å². The van der Waals surface area contributed by atoms with Crippen LogP contribution in [-0.2, 0) is 32.7 Å². The number of hydrogen-bond acceptors (Lipinski definition) is 8. The predicted molar refractivity (Wildman–Crippen MR) is 301 cm³/mol. The molecule has 0 aromatic carbocycles. The van der Waals surface area contributed by atoms with Crippen LogP contribution in [0, 0.1) is 0 Å². The summed E-state index contributed by atoms with van der Waals surface area (Å²) in [7, 11) is 1.18. The average Bonchev–Trinajstić information content (AvgIpc) is 3.33. The highest BCUT2D eigenvalue weighted by molar-refractivity contribution is 7.45. The van der Waals surface area contributed by atoms with Crippen LogP contribution in [0.5, 0.6) is 0 Å². The molecule has 418 valence electrons. The molecule has 0 aliphatic carbocycles. The number of rotatable bonds is 56. The monoisotopic (exact) mass is 1020 g/mol. The summed E-state index contributed by atoms with van der Waals surface area (Å²) in [4.78, 5) is 37.6. The molecule has 0 bridgehead atoms. The number of allylic oxidation sites excluding steroid dienone is 6. The minimum atomic E-state index is -4.62. The van der Waals surface area contributed by atoms with E-state index in [1.165, 1.54) is 212 Å². The van der Waals surface area contributed by atoms with Gasteiger partial charge in [0, 0.05) is 12.8 Å². The number of unbranched alkanes of at least 4 members (excludes halogenated alkanes) is 36. The maximum Gasteiger partial charge on any atom is 0.306 e. The molecule has 10 heteroatoms. The second kappa shape index (κ2) is 53.1. The van der Waals surface area contributed by atoms with E-state index in [-0.39, 0.29) is 32.0 Å². The van der Waals surface area contributed by atoms with Crippen molar-refractivity contribution in [2.75, 3.05) is 47.5 Å². The molecule has 0 aromatic heterocycles. The van der Waals surface area contributed by atoms with Gasteiger partial charge < -0.3 is 27.9 Å². The number of phosphoric acid groups is 1. The van der Waals surface area contributed by atoms with Gasteiger partial charge in [-0.25, -0.2) is 0 Å². The smallest absolute Gasteiger partial charge is 0.306 e. The molecule has 9 nitrogen and oxygen atoms in total. The molecule has 0 aromatic rings. The fourth-order valence-corrected chi connectivity index (χ4v) is 9.45. The predicted octanol–water partition coefficient (Wildman–Crippen LogP) is 18.1. The number of carbonyl (C=O) groups excluding carboxylic acids is 2. The number of ether oxygens (including phenoxy) is 2. The normalized spacial score (nSPS) is 13.5. The first-order valence-corrected chi connectivity index (χ1v) is 31.7. The second-order valence-corrected chi connectivity index (χ2v) is 23.1. The van der Waals surface area contributed by atoms with E-state index in [1.54, 1.807) is 0 Å². The zero-order chi connectivity index (χ0) is 52.0. The van der Waals surface area contributed by atoms with Gasteiger partial charge in [0.2, 0.25) is 0 Å². The number of likely N-dealkylation sites (N-methyl/N-ethyl adjacent to an activating group) is 1. The Hall–Kier alpha value is -1.77. The summed E-state index contributed by atoms with van der Waals surface area (Å²) in [6, 6.07) is 0. The van der Waals surface area contributed by atoms with Gasteiger partial charge in [-0.15, -0.1) is 0 Å². The maximum absolute atomic E-state index is 12.7. The highest BCUT2D eigenvalue weighted by atomic mass is 31.2. The Kier molecular flexibility index (Phi) is 51.7. The van der Waals surface area contributed by atoms with Crippen LogP contribution in [0.2, 0.25) is 0 Å². The summed E-state index contributed by atoms with van der Waals surface area (Å²) >= 11 is 0. The molecule has 0 saturated carbocycles. The average molecular weight is 1020 g/mol. The van der Waals surface area contributed by atoms with Crippen molar-refractivity contribution in [1.29, 1.82) is 0 Å². The highest BCUT2D eigenvalue weighted by Crippen LogP contribution is 2.38. The van der Waals surface area contributed by atoms with Crippen molar-refractivity contribution in [3.63, 3.8) is 0 Å². The summed E-state index contributed by atoms with van der Waals surface area (Å²) < 4.78 is 34.0. The summed E-state index contributed by atoms with van der Waals surface area (Å²) in [6.07, 6.45) is 65.4. The van der Waals surface area contributed by atoms with Crippen LogP contribution in [0.25, 0.3) is 0 Å². The maximum atomic E-state index is 12.7. The first-order chi connectivity index (χ1) is 34.5. The number of quaternary nitrogens is 1. The van der Waals surface area contributed by atoms with Crippen LogP contribution >= 0.6 is 7.82 Å². The zero-order valence-electron chi connectivity index (χ0n) is 47.4. The number of nitrogens with zero attached hydrogens (tertiary/aromatic N) is 1. The SMILES string of the molecule is CCCCCCC/C=C\C/C=C\C/C=C\CCCCCCCCCCCCCCCCCCCCCCCCCCC(=O)OC(COC(=O)CCCCCCCCCC)COP(=O)([O-])OCC[N+](C)(C)C. The Morgan fingerprint density at radius 3 is 1.13 bits per heavy atom. The standard InChI is InChI=1S/C61H116NO8P/c1-6-8-10-12-14-16-17-18-19-20-21-22-23-24-25-26-27-28-29-30-31-32-33-34-35-36-37-38-39-40-41-42-43-44-45-46-48-50-52-54-61(64)70-59(58-69-71(65,66)68-56-55-62(3,4)5)57-67-60(63)53-51-49-47-15-13-11-9-7-2/h17-18,20-21,23-24,59H,6-16,19,22,25-58H2,1-5H3/b18-17-,21-20-,24-23-. The minimum absolute atomic E-state index is 0.0277. The van der Waals surface area contributed by atoms with Crippen molar-refractivity contribution in [1.82, 2.24) is 0 Å². The molecular formula is C61H116NO8P. The van der Waals surface area contributed by atoms with Crippen molar-refractivity contribution in [3.05, 3.63) is 36.5 Å². The number of phosphoric ester groups is 1. The quantitative estimate of drug-likeness (QED) is 0.0195. The summed E-state index contributed by atoms with van der Waals surface area (Å²) in [5, 5.41) is 0. The van der Waals surface area contributed by atoms with E-state index in [2.05, 4.69) is 50.3 Å². The van der Waals surface area contributed by atoms with Gasteiger partial charge in [-0.2, -0.15) is 0 Å². The van der Waals surface area contributed by atoms with Gasteiger partial charge in [0.15, 0.2) is 6.10 Å². The lowest BCUT2D eigenvalue weighted by molar-refractivity contribution is -0.870. The lowest BCUT2D eigenvalue weighted by Gasteiger charge is -2.28. The molecule has 71 heavy (non-hydrogen) atoms. The lowest BCUT2D eigenvalue weighted by Crippen LogP contribution is -2.37. The van der Waals surface area contributed by atoms with Crippen LogP contribution in [-0.4, -0.2) is 70.0 Å². The van der Waals surface area contributed by atoms with Crippen molar-refractivity contribution in [2.45, 2.75) is 296 Å². The number of hydrogen-bond donors (Lipinski definition) is 0. The summed E-state index contributed by atoms with van der Waals surface area (Å²) in [5.41, 5.74) is 0. The fourth-order valence-electron chi connectivity index (χ4n) is 8.72. The molecule has 0 heterocycles. The van der Waals surface area contributed by atoms with Crippen LogP contribution in [0.1, 0.15) is 290 Å². The molecule has 2 atom stereocenters. The van der Waals surface area contributed by atoms with E-state index < -0.39 is 26.5 Å². The molecule has 0 radical (unpaired) electrons. The van der Waals surface area contributed by atoms with Gasteiger partial charge in [0.05, 0.1) is 27.7 Å². The Labute approximate surface area is 440 Å². The minimum Gasteiger partial charge on any atom is -0.756 e. The topological polar surface area (TPSA) is 111 Å². The first kappa shape index (κ1) is 69.2. The van der Waals surface area contributed by atoms with Gasteiger partial charge in [0.1, 0.15) is 19.8 Å². The fraction of sp³-hybridized carbons (Fsp3) is 0.869. The summed E-state index contributed by atoms with van der Waals surface area (Å²) in [5.74, 6) is -0.825. The summed E-state index contributed by atoms with van der Waals surface area (Å²) in [6.45, 7) is 4.22. The zero-order valence-corrected chi connectivity index (χ0v) is 48.3. The Morgan fingerprint density at radius 1 is 0.437 bits per heavy atom. The van der Waals surface area contributed by atoms with Gasteiger partial charge in [0.25, 0.3) is 7.82 Å². The molecule has 0 rings (SSSR count). The van der Waals surface area contributed by atoms with Crippen molar-refractivity contribution < 1.29 is 42.1 Å². The molecule has 0 saturated heterocycles. The third kappa shape index (κ3) is 57.4. The Balaban J connectivity index is 3.79. The molecule has 0 fully saturated rings. The number of esters is 2. The van der Waals surface area contributed by atoms with Gasteiger partial charge in [-0.05, 0) is 51.4 Å².